The van der Waals surface area contributed by atoms with E-state index in [0.717, 1.165) is 0 Å². The van der Waals surface area contributed by atoms with Crippen LogP contribution in [-0.4, -0.2) is 0 Å². The molecule has 0 nitrogen and oxygen atoms in total. The molecule has 0 atom stereocenters. The van der Waals surface area contributed by atoms with Crippen LogP contribution in [0.3, 0.4) is 0 Å². The molecular formula is C46H30S2. The van der Waals surface area contributed by atoms with E-state index in [2.05, 4.69) is 159 Å². The molecule has 0 fully saturated rings. The first-order valence-corrected chi connectivity index (χ1v) is 18.1. The van der Waals surface area contributed by atoms with Crippen molar-refractivity contribution in [1.82, 2.24) is 0 Å². The lowest BCUT2D eigenvalue weighted by molar-refractivity contribution is 1.47. The molecule has 0 radical (unpaired) electrons. The van der Waals surface area contributed by atoms with Crippen LogP contribution in [0.25, 0.3) is 95.6 Å². The second kappa shape index (κ2) is 10.6. The average molecular weight is 647 g/mol. The fourth-order valence-corrected chi connectivity index (χ4v) is 9.76. The third kappa shape index (κ3) is 4.27. The van der Waals surface area contributed by atoms with Gasteiger partial charge in [0.2, 0.25) is 0 Å². The Bertz CT molecular complexity index is 2560. The van der Waals surface area contributed by atoms with Crippen molar-refractivity contribution in [2.24, 2.45) is 0 Å². The van der Waals surface area contributed by atoms with Crippen LogP contribution in [0, 0.1) is 13.8 Å². The van der Waals surface area contributed by atoms with Gasteiger partial charge in [-0.15, -0.1) is 22.7 Å². The van der Waals surface area contributed by atoms with Crippen molar-refractivity contribution in [3.05, 3.63) is 157 Å². The number of hydrogen-bond acceptors (Lipinski definition) is 2. The summed E-state index contributed by atoms with van der Waals surface area (Å²) < 4.78 is 2.65. The van der Waals surface area contributed by atoms with Gasteiger partial charge in [0, 0.05) is 30.3 Å². The van der Waals surface area contributed by atoms with Crippen molar-refractivity contribution in [1.29, 1.82) is 0 Å². The summed E-state index contributed by atoms with van der Waals surface area (Å²) in [6.07, 6.45) is 0. The minimum Gasteiger partial charge on any atom is -0.135 e. The van der Waals surface area contributed by atoms with E-state index in [9.17, 15) is 0 Å². The van der Waals surface area contributed by atoms with Gasteiger partial charge in [-0.1, -0.05) is 120 Å². The topological polar surface area (TPSA) is 0 Å². The molecule has 48 heavy (non-hydrogen) atoms. The van der Waals surface area contributed by atoms with Crippen LogP contribution < -0.4 is 0 Å². The molecule has 0 saturated heterocycles. The van der Waals surface area contributed by atoms with Crippen LogP contribution in [0.5, 0.6) is 0 Å². The maximum absolute atomic E-state index is 2.45. The Labute approximate surface area is 287 Å². The molecule has 0 spiro atoms. The van der Waals surface area contributed by atoms with Gasteiger partial charge in [0.05, 0.1) is 0 Å². The lowest BCUT2D eigenvalue weighted by atomic mass is 9.83. The van der Waals surface area contributed by atoms with Crippen LogP contribution in [0.4, 0.5) is 0 Å². The first-order chi connectivity index (χ1) is 23.6. The van der Waals surface area contributed by atoms with Gasteiger partial charge in [0.1, 0.15) is 0 Å². The van der Waals surface area contributed by atoms with Crippen molar-refractivity contribution < 1.29 is 0 Å². The molecule has 0 amide bonds. The van der Waals surface area contributed by atoms with E-state index < -0.39 is 0 Å². The number of benzene rings is 8. The van der Waals surface area contributed by atoms with E-state index in [-0.39, 0.29) is 0 Å². The summed E-state index contributed by atoms with van der Waals surface area (Å²) in [6, 6.07) is 54.8. The number of thiophene rings is 2. The molecule has 0 aliphatic heterocycles. The van der Waals surface area contributed by atoms with Gasteiger partial charge >= 0.3 is 0 Å². The quantitative estimate of drug-likeness (QED) is 0.167. The molecule has 10 rings (SSSR count). The highest BCUT2D eigenvalue weighted by Gasteiger charge is 2.22. The Morgan fingerprint density at radius 3 is 1.12 bits per heavy atom. The van der Waals surface area contributed by atoms with Crippen molar-refractivity contribution >= 4 is 75.2 Å². The minimum absolute atomic E-state index is 1.25. The predicted molar refractivity (Wildman–Crippen MR) is 212 cm³/mol. The normalized spacial score (nSPS) is 12.0. The summed E-state index contributed by atoms with van der Waals surface area (Å²) in [7, 11) is 0. The maximum Gasteiger partial charge on any atom is 0.0361 e. The predicted octanol–water partition coefficient (Wildman–Crippen LogP) is 14.3. The Hall–Kier alpha value is -5.28. The molecule has 2 aromatic heterocycles. The lowest BCUT2D eigenvalue weighted by Gasteiger charge is -2.21. The van der Waals surface area contributed by atoms with Crippen LogP contribution in [0.2, 0.25) is 0 Å². The summed E-state index contributed by atoms with van der Waals surface area (Å²) in [5.74, 6) is 0. The zero-order valence-electron chi connectivity index (χ0n) is 26.7. The molecule has 2 heterocycles. The first kappa shape index (κ1) is 27.8. The van der Waals surface area contributed by atoms with Gasteiger partial charge in [-0.2, -0.15) is 0 Å². The fraction of sp³-hybridized carbons (Fsp3) is 0.0435. The summed E-state index contributed by atoms with van der Waals surface area (Å²) in [6.45, 7) is 4.33. The van der Waals surface area contributed by atoms with E-state index in [4.69, 9.17) is 0 Å². The standard InChI is InChI=1S/C46H30S2/c1-27-11-15-29(16-12-27)37-25-39(43-23-31-7-3-5-9-41(31)47-43)35-22-20-34-38(30-17-13-28(2)14-18-30)26-40(36-21-19-33(37)45(35)46(34)36)44-24-32-8-4-6-10-42(32)48-44/h3-26H,1-2H3. The maximum atomic E-state index is 2.45. The lowest BCUT2D eigenvalue weighted by Crippen LogP contribution is -1.93. The van der Waals surface area contributed by atoms with Gasteiger partial charge < -0.3 is 0 Å². The third-order valence-electron chi connectivity index (χ3n) is 10.0. The van der Waals surface area contributed by atoms with Crippen LogP contribution in [0.1, 0.15) is 11.1 Å². The van der Waals surface area contributed by atoms with Gasteiger partial charge in [0.15, 0.2) is 0 Å². The Morgan fingerprint density at radius 1 is 0.354 bits per heavy atom. The molecule has 8 aromatic carbocycles. The van der Waals surface area contributed by atoms with E-state index >= 15 is 0 Å². The van der Waals surface area contributed by atoms with Crippen molar-refractivity contribution in [3.63, 3.8) is 0 Å². The van der Waals surface area contributed by atoms with E-state index in [1.54, 1.807) is 0 Å². The van der Waals surface area contributed by atoms with E-state index in [1.807, 2.05) is 22.7 Å². The second-order valence-electron chi connectivity index (χ2n) is 13.0. The second-order valence-corrected chi connectivity index (χ2v) is 15.2. The Balaban J connectivity index is 1.38. The highest BCUT2D eigenvalue weighted by atomic mass is 32.1. The minimum atomic E-state index is 1.25. The summed E-state index contributed by atoms with van der Waals surface area (Å²) in [4.78, 5) is 2.62. The fourth-order valence-electron chi connectivity index (χ4n) is 7.57. The molecule has 0 unspecified atom stereocenters. The molecule has 0 bridgehead atoms. The largest absolute Gasteiger partial charge is 0.135 e. The number of aryl methyl sites for hydroxylation is 2. The van der Waals surface area contributed by atoms with Gasteiger partial charge in [0.25, 0.3) is 0 Å². The highest BCUT2D eigenvalue weighted by Crippen LogP contribution is 2.50. The van der Waals surface area contributed by atoms with Crippen LogP contribution in [0.15, 0.2) is 146 Å². The Morgan fingerprint density at radius 2 is 0.729 bits per heavy atom. The molecule has 0 aliphatic carbocycles. The van der Waals surface area contributed by atoms with Gasteiger partial charge in [-0.3, -0.25) is 0 Å². The molecule has 226 valence electrons. The summed E-state index contributed by atoms with van der Waals surface area (Å²) in [5, 5.41) is 10.5. The molecule has 0 saturated carbocycles. The highest BCUT2D eigenvalue weighted by molar-refractivity contribution is 7.22. The smallest absolute Gasteiger partial charge is 0.0361 e. The molecule has 2 heteroatoms. The average Bonchev–Trinajstić information content (AvgIpc) is 3.76. The van der Waals surface area contributed by atoms with Gasteiger partial charge in [-0.25, -0.2) is 0 Å². The van der Waals surface area contributed by atoms with E-state index in [1.165, 1.54) is 107 Å². The zero-order chi connectivity index (χ0) is 31.9. The monoisotopic (exact) mass is 646 g/mol. The van der Waals surface area contributed by atoms with Crippen molar-refractivity contribution in [2.75, 3.05) is 0 Å². The van der Waals surface area contributed by atoms with Gasteiger partial charge in [-0.05, 0) is 116 Å². The number of fused-ring (bicyclic) bond motifs is 2. The van der Waals surface area contributed by atoms with Crippen LogP contribution in [-0.2, 0) is 0 Å². The number of rotatable bonds is 4. The first-order valence-electron chi connectivity index (χ1n) is 16.5. The molecule has 0 N–H and O–H groups in total. The number of hydrogen-bond donors (Lipinski definition) is 0. The van der Waals surface area contributed by atoms with Crippen LogP contribution >= 0.6 is 22.7 Å². The van der Waals surface area contributed by atoms with Crippen molar-refractivity contribution in [3.8, 4) is 43.1 Å². The molecule has 10 aromatic rings. The third-order valence-corrected chi connectivity index (χ3v) is 12.3. The van der Waals surface area contributed by atoms with E-state index in [0.29, 0.717) is 0 Å². The summed E-state index contributed by atoms with van der Waals surface area (Å²) >= 11 is 3.78. The molecule has 0 aliphatic rings. The SMILES string of the molecule is Cc1ccc(-c2cc(-c3cc4ccccc4s3)c3ccc4c(-c5ccc(C)cc5)cc(-c5cc6ccccc6s5)c5ccc2c3c45)cc1. The molecular weight excluding hydrogens is 617 g/mol. The Kier molecular flexibility index (Phi) is 6.15. The summed E-state index contributed by atoms with van der Waals surface area (Å²) in [5.41, 5.74) is 10.2. The van der Waals surface area contributed by atoms with Crippen molar-refractivity contribution in [2.45, 2.75) is 13.8 Å². The zero-order valence-corrected chi connectivity index (χ0v) is 28.3.